The van der Waals surface area contributed by atoms with Gasteiger partial charge >= 0.3 is 0 Å². The van der Waals surface area contributed by atoms with Crippen LogP contribution in [0.2, 0.25) is 0 Å². The van der Waals surface area contributed by atoms with Gasteiger partial charge in [-0.3, -0.25) is 0 Å². The van der Waals surface area contributed by atoms with Crippen LogP contribution in [0.1, 0.15) is 22.0 Å². The van der Waals surface area contributed by atoms with E-state index >= 15 is 0 Å². The van der Waals surface area contributed by atoms with Crippen molar-refractivity contribution in [2.45, 2.75) is 13.0 Å². The summed E-state index contributed by atoms with van der Waals surface area (Å²) in [5, 5.41) is 2.06. The summed E-state index contributed by atoms with van der Waals surface area (Å²) in [6.07, 6.45) is 0. The molecule has 1 aromatic carbocycles. The lowest BCUT2D eigenvalue weighted by atomic mass is 9.99. The third-order valence-corrected chi connectivity index (χ3v) is 3.87. The van der Waals surface area contributed by atoms with Crippen LogP contribution >= 0.6 is 11.3 Å². The van der Waals surface area contributed by atoms with Gasteiger partial charge in [0.15, 0.2) is 0 Å². The monoisotopic (exact) mass is 263 g/mol. The highest BCUT2D eigenvalue weighted by Gasteiger charge is 2.17. The Morgan fingerprint density at radius 1 is 1.11 bits per heavy atom. The topological polar surface area (TPSA) is 44.5 Å². The molecule has 2 N–H and O–H groups in total. The molecule has 0 aliphatic heterocycles. The molecule has 1 atom stereocenters. The van der Waals surface area contributed by atoms with Crippen molar-refractivity contribution in [3.63, 3.8) is 0 Å². The van der Waals surface area contributed by atoms with E-state index < -0.39 is 0 Å². The minimum absolute atomic E-state index is 0.169. The summed E-state index contributed by atoms with van der Waals surface area (Å²) in [4.78, 5) is 1.24. The average Bonchev–Trinajstić information content (AvgIpc) is 2.83. The summed E-state index contributed by atoms with van der Waals surface area (Å²) < 4.78 is 10.6. The molecule has 18 heavy (non-hydrogen) atoms. The maximum atomic E-state index is 6.32. The third kappa shape index (κ3) is 2.35. The number of thiophene rings is 1. The predicted molar refractivity (Wildman–Crippen MR) is 74.6 cm³/mol. The van der Waals surface area contributed by atoms with Crippen molar-refractivity contribution < 1.29 is 9.47 Å². The largest absolute Gasteiger partial charge is 0.497 e. The zero-order valence-corrected chi connectivity index (χ0v) is 11.6. The van der Waals surface area contributed by atoms with Gasteiger partial charge in [-0.15, -0.1) is 11.3 Å². The van der Waals surface area contributed by atoms with Gasteiger partial charge in [-0.25, -0.2) is 0 Å². The van der Waals surface area contributed by atoms with E-state index in [-0.39, 0.29) is 6.04 Å². The van der Waals surface area contributed by atoms with E-state index in [0.717, 1.165) is 22.6 Å². The van der Waals surface area contributed by atoms with Crippen molar-refractivity contribution >= 4 is 11.3 Å². The molecule has 96 valence electrons. The van der Waals surface area contributed by atoms with E-state index in [1.807, 2.05) is 18.2 Å². The van der Waals surface area contributed by atoms with Gasteiger partial charge in [-0.2, -0.15) is 0 Å². The van der Waals surface area contributed by atoms with Crippen molar-refractivity contribution in [1.82, 2.24) is 0 Å². The van der Waals surface area contributed by atoms with Crippen LogP contribution in [0.5, 0.6) is 11.5 Å². The van der Waals surface area contributed by atoms with Gasteiger partial charge in [0.25, 0.3) is 0 Å². The third-order valence-electron chi connectivity index (χ3n) is 3.01. The van der Waals surface area contributed by atoms with Gasteiger partial charge in [0.05, 0.1) is 20.3 Å². The number of hydrogen-bond donors (Lipinski definition) is 1. The van der Waals surface area contributed by atoms with Crippen molar-refractivity contribution in [3.05, 3.63) is 45.6 Å². The van der Waals surface area contributed by atoms with Gasteiger partial charge in [0.1, 0.15) is 11.5 Å². The number of rotatable bonds is 4. The Hall–Kier alpha value is -1.52. The molecule has 3 nitrogen and oxygen atoms in total. The molecular weight excluding hydrogens is 246 g/mol. The highest BCUT2D eigenvalue weighted by molar-refractivity contribution is 7.10. The highest BCUT2D eigenvalue weighted by Crippen LogP contribution is 2.33. The van der Waals surface area contributed by atoms with Crippen LogP contribution in [0, 0.1) is 6.92 Å². The summed E-state index contributed by atoms with van der Waals surface area (Å²) in [5.74, 6) is 1.53. The van der Waals surface area contributed by atoms with Crippen LogP contribution in [0.4, 0.5) is 0 Å². The van der Waals surface area contributed by atoms with Gasteiger partial charge in [0, 0.05) is 16.5 Å². The van der Waals surface area contributed by atoms with Crippen LogP contribution < -0.4 is 15.2 Å². The normalized spacial score (nSPS) is 12.2. The van der Waals surface area contributed by atoms with Crippen LogP contribution in [-0.4, -0.2) is 14.2 Å². The second kappa shape index (κ2) is 5.42. The zero-order chi connectivity index (χ0) is 13.1. The fourth-order valence-electron chi connectivity index (χ4n) is 1.96. The quantitative estimate of drug-likeness (QED) is 0.921. The molecule has 2 aromatic rings. The maximum absolute atomic E-state index is 6.32. The van der Waals surface area contributed by atoms with Gasteiger partial charge < -0.3 is 15.2 Å². The molecule has 0 spiro atoms. The zero-order valence-electron chi connectivity index (χ0n) is 10.8. The number of methoxy groups -OCH3 is 2. The second-order valence-electron chi connectivity index (χ2n) is 4.02. The van der Waals surface area contributed by atoms with Crippen molar-refractivity contribution in [3.8, 4) is 11.5 Å². The Morgan fingerprint density at radius 2 is 1.89 bits per heavy atom. The molecule has 4 heteroatoms. The Kier molecular flexibility index (Phi) is 3.89. The summed E-state index contributed by atoms with van der Waals surface area (Å²) in [7, 11) is 3.28. The van der Waals surface area contributed by atoms with Crippen molar-refractivity contribution in [2.75, 3.05) is 14.2 Å². The Labute approximate surface area is 111 Å². The molecule has 1 heterocycles. The minimum atomic E-state index is -0.169. The first kappa shape index (κ1) is 12.9. The second-order valence-corrected chi connectivity index (χ2v) is 5.14. The van der Waals surface area contributed by atoms with Crippen LogP contribution in [0.15, 0.2) is 29.6 Å². The standard InChI is InChI=1S/C14H17NO2S/c1-9-11(6-7-18-9)14(15)12-5-4-10(16-2)8-13(12)17-3/h4-8,14H,15H2,1-3H3. The summed E-state index contributed by atoms with van der Waals surface area (Å²) >= 11 is 1.70. The molecular formula is C14H17NO2S. The van der Waals surface area contributed by atoms with Crippen LogP contribution in [0.25, 0.3) is 0 Å². The first-order valence-electron chi connectivity index (χ1n) is 5.69. The molecule has 1 unspecified atom stereocenters. The fourth-order valence-corrected chi connectivity index (χ4v) is 2.71. The lowest BCUT2D eigenvalue weighted by molar-refractivity contribution is 0.390. The average molecular weight is 263 g/mol. The van der Waals surface area contributed by atoms with E-state index in [4.69, 9.17) is 15.2 Å². The molecule has 0 saturated carbocycles. The minimum Gasteiger partial charge on any atom is -0.497 e. The highest BCUT2D eigenvalue weighted by atomic mass is 32.1. The van der Waals surface area contributed by atoms with Gasteiger partial charge in [-0.1, -0.05) is 0 Å². The molecule has 0 aliphatic rings. The maximum Gasteiger partial charge on any atom is 0.127 e. The van der Waals surface area contributed by atoms with Gasteiger partial charge in [-0.05, 0) is 36.1 Å². The molecule has 0 saturated heterocycles. The fraction of sp³-hybridized carbons (Fsp3) is 0.286. The van der Waals surface area contributed by atoms with Crippen LogP contribution in [0.3, 0.4) is 0 Å². The number of nitrogens with two attached hydrogens (primary N) is 1. The summed E-state index contributed by atoms with van der Waals surface area (Å²) in [5.41, 5.74) is 8.43. The molecule has 0 aliphatic carbocycles. The molecule has 2 rings (SSSR count). The summed E-state index contributed by atoms with van der Waals surface area (Å²) in [6.45, 7) is 2.08. The molecule has 0 radical (unpaired) electrons. The number of hydrogen-bond acceptors (Lipinski definition) is 4. The molecule has 0 bridgehead atoms. The number of ether oxygens (including phenoxy) is 2. The lowest BCUT2D eigenvalue weighted by Gasteiger charge is -2.16. The molecule has 1 aromatic heterocycles. The summed E-state index contributed by atoms with van der Waals surface area (Å²) in [6, 6.07) is 7.61. The number of benzene rings is 1. The first-order chi connectivity index (χ1) is 8.67. The smallest absolute Gasteiger partial charge is 0.127 e. The Balaban J connectivity index is 2.41. The SMILES string of the molecule is COc1ccc(C(N)c2ccsc2C)c(OC)c1. The van der Waals surface area contributed by atoms with Gasteiger partial charge in [0.2, 0.25) is 0 Å². The van der Waals surface area contributed by atoms with E-state index in [0.29, 0.717) is 0 Å². The van der Waals surface area contributed by atoms with E-state index in [9.17, 15) is 0 Å². The van der Waals surface area contributed by atoms with Crippen LogP contribution in [-0.2, 0) is 0 Å². The molecule has 0 fully saturated rings. The van der Waals surface area contributed by atoms with E-state index in [1.165, 1.54) is 4.88 Å². The van der Waals surface area contributed by atoms with Crippen molar-refractivity contribution in [1.29, 1.82) is 0 Å². The Bertz CT molecular complexity index is 536. The molecule has 0 amide bonds. The van der Waals surface area contributed by atoms with E-state index in [2.05, 4.69) is 18.4 Å². The predicted octanol–water partition coefficient (Wildman–Crippen LogP) is 3.12. The number of aryl methyl sites for hydroxylation is 1. The van der Waals surface area contributed by atoms with E-state index in [1.54, 1.807) is 25.6 Å². The Morgan fingerprint density at radius 3 is 2.44 bits per heavy atom. The van der Waals surface area contributed by atoms with Crippen molar-refractivity contribution in [2.24, 2.45) is 5.73 Å². The first-order valence-corrected chi connectivity index (χ1v) is 6.56. The lowest BCUT2D eigenvalue weighted by Crippen LogP contribution is -2.13.